The summed E-state index contributed by atoms with van der Waals surface area (Å²) in [6.45, 7) is 2.79. The number of aliphatic hydroxyl groups is 1. The van der Waals surface area contributed by atoms with Crippen LogP contribution in [0.15, 0.2) is 18.2 Å². The molecule has 1 saturated heterocycles. The Morgan fingerprint density at radius 1 is 1.55 bits per heavy atom. The summed E-state index contributed by atoms with van der Waals surface area (Å²) < 4.78 is 4.57. The number of carbonyl (C=O) groups is 1. The molecule has 1 aliphatic rings. The highest BCUT2D eigenvalue weighted by molar-refractivity contribution is 5.95. The number of nitro benzene ring substituents is 1. The van der Waals surface area contributed by atoms with Crippen molar-refractivity contribution in [2.75, 3.05) is 25.1 Å². The number of nitro groups is 1. The molecule has 1 unspecified atom stereocenters. The molecule has 0 bridgehead atoms. The molecule has 20 heavy (non-hydrogen) atoms. The summed E-state index contributed by atoms with van der Waals surface area (Å²) in [6.07, 6.45) is 0.609. The second kappa shape index (κ2) is 5.09. The van der Waals surface area contributed by atoms with Gasteiger partial charge >= 0.3 is 5.97 Å². The van der Waals surface area contributed by atoms with E-state index in [9.17, 15) is 20.0 Å². The first kappa shape index (κ1) is 14.3. The van der Waals surface area contributed by atoms with Crippen LogP contribution >= 0.6 is 0 Å². The van der Waals surface area contributed by atoms with E-state index >= 15 is 0 Å². The number of carbonyl (C=O) groups excluding carboxylic acids is 1. The van der Waals surface area contributed by atoms with Crippen LogP contribution in [0.5, 0.6) is 0 Å². The number of rotatable bonds is 3. The molecule has 0 aliphatic carbocycles. The van der Waals surface area contributed by atoms with Crippen LogP contribution in [0.2, 0.25) is 0 Å². The van der Waals surface area contributed by atoms with Crippen molar-refractivity contribution in [2.24, 2.45) is 0 Å². The lowest BCUT2D eigenvalue weighted by Crippen LogP contribution is -2.29. The van der Waals surface area contributed by atoms with Crippen LogP contribution in [0.25, 0.3) is 0 Å². The molecule has 1 aromatic carbocycles. The van der Waals surface area contributed by atoms with E-state index in [1.54, 1.807) is 13.0 Å². The predicted octanol–water partition coefficient (Wildman–Crippen LogP) is 1.34. The topological polar surface area (TPSA) is 92.9 Å². The number of nitrogens with zero attached hydrogens (tertiary/aromatic N) is 2. The van der Waals surface area contributed by atoms with Crippen LogP contribution in [0, 0.1) is 10.1 Å². The van der Waals surface area contributed by atoms with Crippen LogP contribution in [-0.2, 0) is 4.74 Å². The molecule has 0 spiro atoms. The van der Waals surface area contributed by atoms with Gasteiger partial charge in [0.15, 0.2) is 0 Å². The van der Waals surface area contributed by atoms with E-state index in [0.29, 0.717) is 25.2 Å². The lowest BCUT2D eigenvalue weighted by Gasteiger charge is -2.21. The molecule has 0 radical (unpaired) electrons. The fraction of sp³-hybridized carbons (Fsp3) is 0.462. The number of anilines is 1. The first-order chi connectivity index (χ1) is 9.34. The Bertz CT molecular complexity index is 556. The van der Waals surface area contributed by atoms with Crippen molar-refractivity contribution in [1.82, 2.24) is 0 Å². The number of ether oxygens (including phenoxy) is 1. The van der Waals surface area contributed by atoms with E-state index in [1.807, 2.05) is 4.90 Å². The Hall–Kier alpha value is -2.15. The maximum absolute atomic E-state index is 11.6. The van der Waals surface area contributed by atoms with Crippen molar-refractivity contribution in [1.29, 1.82) is 0 Å². The fourth-order valence-electron chi connectivity index (χ4n) is 2.32. The maximum Gasteiger partial charge on any atom is 0.344 e. The van der Waals surface area contributed by atoms with Gasteiger partial charge in [-0.15, -0.1) is 0 Å². The minimum absolute atomic E-state index is 0.0819. The van der Waals surface area contributed by atoms with E-state index < -0.39 is 16.5 Å². The first-order valence-corrected chi connectivity index (χ1v) is 6.18. The normalized spacial score (nSPS) is 21.9. The minimum atomic E-state index is -0.785. The third-order valence-corrected chi connectivity index (χ3v) is 3.40. The quantitative estimate of drug-likeness (QED) is 0.510. The molecule has 108 valence electrons. The Morgan fingerprint density at radius 3 is 2.75 bits per heavy atom. The second-order valence-corrected chi connectivity index (χ2v) is 5.12. The van der Waals surface area contributed by atoms with Gasteiger partial charge in [0.1, 0.15) is 5.56 Å². The van der Waals surface area contributed by atoms with Crippen molar-refractivity contribution in [3.8, 4) is 0 Å². The van der Waals surface area contributed by atoms with Crippen LogP contribution < -0.4 is 4.90 Å². The van der Waals surface area contributed by atoms with Gasteiger partial charge in [0, 0.05) is 24.8 Å². The molecular weight excluding hydrogens is 264 g/mol. The standard InChI is InChI=1S/C13H16N2O5/c1-13(17)5-6-14(8-13)9-3-4-11(15(18)19)10(7-9)12(16)20-2/h3-4,7,17H,5-6,8H2,1-2H3. The van der Waals surface area contributed by atoms with Gasteiger partial charge in [-0.2, -0.15) is 0 Å². The lowest BCUT2D eigenvalue weighted by molar-refractivity contribution is -0.385. The molecule has 2 rings (SSSR count). The van der Waals surface area contributed by atoms with E-state index in [-0.39, 0.29) is 11.3 Å². The lowest BCUT2D eigenvalue weighted by atomic mass is 10.1. The van der Waals surface area contributed by atoms with Gasteiger partial charge in [0.2, 0.25) is 0 Å². The zero-order valence-electron chi connectivity index (χ0n) is 11.3. The summed E-state index contributed by atoms with van der Waals surface area (Å²) in [5.41, 5.74) is -0.491. The highest BCUT2D eigenvalue weighted by Gasteiger charge is 2.32. The zero-order valence-corrected chi connectivity index (χ0v) is 11.3. The van der Waals surface area contributed by atoms with Gasteiger partial charge in [-0.25, -0.2) is 4.79 Å². The summed E-state index contributed by atoms with van der Waals surface area (Å²) in [5.74, 6) is -0.746. The summed E-state index contributed by atoms with van der Waals surface area (Å²) in [4.78, 5) is 23.8. The van der Waals surface area contributed by atoms with Gasteiger partial charge in [-0.3, -0.25) is 10.1 Å². The number of methoxy groups -OCH3 is 1. The Morgan fingerprint density at radius 2 is 2.25 bits per heavy atom. The molecule has 1 atom stereocenters. The molecule has 7 nitrogen and oxygen atoms in total. The predicted molar refractivity (Wildman–Crippen MR) is 71.9 cm³/mol. The summed E-state index contributed by atoms with van der Waals surface area (Å²) in [6, 6.07) is 4.30. The van der Waals surface area contributed by atoms with Crippen molar-refractivity contribution < 1.29 is 19.6 Å². The minimum Gasteiger partial charge on any atom is -0.465 e. The van der Waals surface area contributed by atoms with Gasteiger partial charge in [-0.05, 0) is 25.5 Å². The molecule has 1 fully saturated rings. The van der Waals surface area contributed by atoms with E-state index in [4.69, 9.17) is 0 Å². The third-order valence-electron chi connectivity index (χ3n) is 3.40. The molecule has 1 aromatic rings. The smallest absolute Gasteiger partial charge is 0.344 e. The highest BCUT2D eigenvalue weighted by atomic mass is 16.6. The van der Waals surface area contributed by atoms with E-state index in [0.717, 1.165) is 0 Å². The van der Waals surface area contributed by atoms with Crippen molar-refractivity contribution in [3.63, 3.8) is 0 Å². The second-order valence-electron chi connectivity index (χ2n) is 5.12. The van der Waals surface area contributed by atoms with Gasteiger partial charge in [-0.1, -0.05) is 0 Å². The largest absolute Gasteiger partial charge is 0.465 e. The van der Waals surface area contributed by atoms with Crippen LogP contribution in [0.4, 0.5) is 11.4 Å². The molecule has 0 amide bonds. The average molecular weight is 280 g/mol. The molecule has 0 aromatic heterocycles. The Balaban J connectivity index is 2.38. The highest BCUT2D eigenvalue weighted by Crippen LogP contribution is 2.30. The summed E-state index contributed by atoms with van der Waals surface area (Å²) >= 11 is 0. The van der Waals surface area contributed by atoms with Gasteiger partial charge < -0.3 is 14.7 Å². The Kier molecular flexibility index (Phi) is 3.63. The van der Waals surface area contributed by atoms with Gasteiger partial charge in [0.25, 0.3) is 5.69 Å². The Labute approximate surface area is 115 Å². The third kappa shape index (κ3) is 2.72. The fourth-order valence-corrected chi connectivity index (χ4v) is 2.32. The van der Waals surface area contributed by atoms with Gasteiger partial charge in [0.05, 0.1) is 17.6 Å². The number of benzene rings is 1. The van der Waals surface area contributed by atoms with Crippen LogP contribution in [-0.4, -0.2) is 41.8 Å². The molecule has 1 aliphatic heterocycles. The van der Waals surface area contributed by atoms with Crippen molar-refractivity contribution >= 4 is 17.3 Å². The molecular formula is C13H16N2O5. The average Bonchev–Trinajstić information content (AvgIpc) is 2.77. The summed E-state index contributed by atoms with van der Waals surface area (Å²) in [5, 5.41) is 20.9. The first-order valence-electron chi connectivity index (χ1n) is 6.18. The maximum atomic E-state index is 11.6. The van der Waals surface area contributed by atoms with Crippen molar-refractivity contribution in [3.05, 3.63) is 33.9 Å². The number of β-amino-alcohol motifs (C(OH)–C–C–N with tert-alkyl or cyclic N) is 1. The number of hydrogen-bond acceptors (Lipinski definition) is 6. The molecule has 7 heteroatoms. The molecule has 0 saturated carbocycles. The molecule has 1 N–H and O–H groups in total. The monoisotopic (exact) mass is 280 g/mol. The van der Waals surface area contributed by atoms with Crippen molar-refractivity contribution in [2.45, 2.75) is 18.9 Å². The number of esters is 1. The SMILES string of the molecule is COC(=O)c1cc(N2CCC(C)(O)C2)ccc1[N+](=O)[O-]. The van der Waals surface area contributed by atoms with E-state index in [2.05, 4.69) is 4.74 Å². The van der Waals surface area contributed by atoms with E-state index in [1.165, 1.54) is 19.2 Å². The van der Waals surface area contributed by atoms with Crippen LogP contribution in [0.1, 0.15) is 23.7 Å². The zero-order chi connectivity index (χ0) is 14.9. The summed E-state index contributed by atoms with van der Waals surface area (Å²) in [7, 11) is 1.18. The van der Waals surface area contributed by atoms with Crippen LogP contribution in [0.3, 0.4) is 0 Å². The number of hydrogen-bond donors (Lipinski definition) is 1. The molecule has 1 heterocycles.